The molecule has 4 nitrogen and oxygen atoms in total. The van der Waals surface area contributed by atoms with E-state index in [2.05, 4.69) is 45.1 Å². The molecule has 0 radical (unpaired) electrons. The van der Waals surface area contributed by atoms with Gasteiger partial charge < -0.3 is 10.1 Å². The molecular weight excluding hydrogens is 318 g/mol. The lowest BCUT2D eigenvalue weighted by Gasteiger charge is -2.11. The van der Waals surface area contributed by atoms with E-state index in [4.69, 9.17) is 4.74 Å². The lowest BCUT2D eigenvalue weighted by Crippen LogP contribution is -2.06. The Morgan fingerprint density at radius 1 is 1.25 bits per heavy atom. The van der Waals surface area contributed by atoms with Crippen LogP contribution in [0.4, 0.5) is 5.82 Å². The molecule has 1 N–H and O–H groups in total. The average molecular weight is 336 g/mol. The molecule has 0 aliphatic rings. The summed E-state index contributed by atoms with van der Waals surface area (Å²) < 4.78 is 6.13. The normalized spacial score (nSPS) is 10.7. The van der Waals surface area contributed by atoms with E-state index in [9.17, 15) is 0 Å². The van der Waals surface area contributed by atoms with Crippen molar-refractivity contribution in [3.8, 4) is 5.75 Å². The number of halogens is 1. The number of anilines is 1. The van der Waals surface area contributed by atoms with Crippen molar-refractivity contribution in [2.24, 2.45) is 0 Å². The monoisotopic (exact) mass is 335 g/mol. The predicted octanol–water partition coefficient (Wildman–Crippen LogP) is 3.98. The summed E-state index contributed by atoms with van der Waals surface area (Å²) in [6, 6.07) is 9.81. The zero-order valence-corrected chi connectivity index (χ0v) is 13.4. The molecule has 0 fully saturated rings. The van der Waals surface area contributed by atoms with Crippen LogP contribution < -0.4 is 10.1 Å². The first-order chi connectivity index (χ1) is 9.60. The van der Waals surface area contributed by atoms with E-state index >= 15 is 0 Å². The molecule has 0 saturated heterocycles. The van der Waals surface area contributed by atoms with Crippen molar-refractivity contribution in [3.05, 3.63) is 46.3 Å². The van der Waals surface area contributed by atoms with Crippen LogP contribution in [0.3, 0.4) is 0 Å². The number of nitrogens with one attached hydrogen (secondary N) is 1. The fourth-order valence-electron chi connectivity index (χ4n) is 1.82. The van der Waals surface area contributed by atoms with Crippen molar-refractivity contribution >= 4 is 21.7 Å². The van der Waals surface area contributed by atoms with Crippen LogP contribution in [0.25, 0.3) is 0 Å². The van der Waals surface area contributed by atoms with Gasteiger partial charge in [0.1, 0.15) is 22.0 Å². The lowest BCUT2D eigenvalue weighted by atomic mass is 10.2. The zero-order chi connectivity index (χ0) is 14.5. The van der Waals surface area contributed by atoms with Crippen LogP contribution in [0.1, 0.15) is 31.2 Å². The van der Waals surface area contributed by atoms with Crippen LogP contribution in [-0.4, -0.2) is 17.1 Å². The highest BCUT2D eigenvalue weighted by atomic mass is 79.9. The highest BCUT2D eigenvalue weighted by molar-refractivity contribution is 9.10. The molecule has 0 saturated carbocycles. The van der Waals surface area contributed by atoms with Crippen molar-refractivity contribution in [3.63, 3.8) is 0 Å². The molecule has 1 aromatic heterocycles. The highest BCUT2D eigenvalue weighted by Gasteiger charge is 2.07. The van der Waals surface area contributed by atoms with Gasteiger partial charge in [-0.05, 0) is 22.0 Å². The van der Waals surface area contributed by atoms with Crippen molar-refractivity contribution in [2.45, 2.75) is 26.3 Å². The summed E-state index contributed by atoms with van der Waals surface area (Å²) in [7, 11) is 1.68. The summed E-state index contributed by atoms with van der Waals surface area (Å²) in [5.74, 6) is 2.79. The van der Waals surface area contributed by atoms with Gasteiger partial charge in [0.25, 0.3) is 0 Å². The molecule has 1 heterocycles. The lowest BCUT2D eigenvalue weighted by molar-refractivity contribution is 0.410. The van der Waals surface area contributed by atoms with Crippen molar-refractivity contribution in [2.75, 3.05) is 12.4 Å². The maximum atomic E-state index is 5.34. The number of aromatic nitrogens is 2. The number of hydrogen-bond donors (Lipinski definition) is 1. The fraction of sp³-hybridized carbons (Fsp3) is 0.333. The molecule has 0 unspecified atom stereocenters. The first kappa shape index (κ1) is 14.8. The Bertz CT molecular complexity index is 587. The molecule has 20 heavy (non-hydrogen) atoms. The number of rotatable bonds is 5. The van der Waals surface area contributed by atoms with E-state index < -0.39 is 0 Å². The second kappa shape index (κ2) is 6.70. The Morgan fingerprint density at radius 3 is 2.70 bits per heavy atom. The van der Waals surface area contributed by atoms with Crippen molar-refractivity contribution in [1.29, 1.82) is 0 Å². The van der Waals surface area contributed by atoms with Gasteiger partial charge in [-0.3, -0.25) is 0 Å². The Kier molecular flexibility index (Phi) is 4.95. The van der Waals surface area contributed by atoms with Gasteiger partial charge in [-0.1, -0.05) is 32.0 Å². The molecule has 0 aliphatic heterocycles. The van der Waals surface area contributed by atoms with Crippen molar-refractivity contribution < 1.29 is 4.74 Å². The van der Waals surface area contributed by atoms with Crippen LogP contribution in [0, 0.1) is 0 Å². The molecule has 0 amide bonds. The van der Waals surface area contributed by atoms with E-state index in [1.165, 1.54) is 0 Å². The number of para-hydroxylation sites is 1. The maximum absolute atomic E-state index is 5.34. The molecule has 2 aromatic rings. The average Bonchev–Trinajstić information content (AvgIpc) is 2.44. The van der Waals surface area contributed by atoms with Gasteiger partial charge in [0, 0.05) is 24.1 Å². The predicted molar refractivity (Wildman–Crippen MR) is 84.1 cm³/mol. The van der Waals surface area contributed by atoms with Gasteiger partial charge in [0.2, 0.25) is 0 Å². The molecule has 0 spiro atoms. The summed E-state index contributed by atoms with van der Waals surface area (Å²) in [5.41, 5.74) is 1.09. The zero-order valence-electron chi connectivity index (χ0n) is 11.9. The third kappa shape index (κ3) is 3.70. The third-order valence-corrected chi connectivity index (χ3v) is 3.29. The maximum Gasteiger partial charge on any atom is 0.134 e. The summed E-state index contributed by atoms with van der Waals surface area (Å²) >= 11 is 3.42. The molecule has 1 aromatic carbocycles. The molecule has 106 valence electrons. The number of ether oxygens (including phenoxy) is 1. The van der Waals surface area contributed by atoms with Crippen molar-refractivity contribution in [1.82, 2.24) is 9.97 Å². The molecule has 2 rings (SSSR count). The smallest absolute Gasteiger partial charge is 0.134 e. The van der Waals surface area contributed by atoms with E-state index in [0.29, 0.717) is 12.5 Å². The fourth-order valence-corrected chi connectivity index (χ4v) is 2.22. The SMILES string of the molecule is COc1ccccc1CNc1cc(Br)nc(C(C)C)n1. The van der Waals surface area contributed by atoms with Gasteiger partial charge in [0.15, 0.2) is 0 Å². The van der Waals surface area contributed by atoms with Gasteiger partial charge in [0.05, 0.1) is 7.11 Å². The standard InChI is InChI=1S/C15H18BrN3O/c1-10(2)15-18-13(16)8-14(19-15)17-9-11-6-4-5-7-12(11)20-3/h4-8,10H,9H2,1-3H3,(H,17,18,19). The third-order valence-electron chi connectivity index (χ3n) is 2.88. The van der Waals surface area contributed by atoms with Crippen LogP contribution in [0.2, 0.25) is 0 Å². The Balaban J connectivity index is 2.14. The highest BCUT2D eigenvalue weighted by Crippen LogP contribution is 2.21. The van der Waals surface area contributed by atoms with Crippen LogP contribution in [0.5, 0.6) is 5.75 Å². The number of nitrogens with zero attached hydrogens (tertiary/aromatic N) is 2. The number of methoxy groups -OCH3 is 1. The molecule has 0 bridgehead atoms. The second-order valence-corrected chi connectivity index (χ2v) is 5.57. The first-order valence-corrected chi connectivity index (χ1v) is 7.29. The minimum absolute atomic E-state index is 0.291. The Morgan fingerprint density at radius 2 is 2.00 bits per heavy atom. The summed E-state index contributed by atoms with van der Waals surface area (Å²) in [6.45, 7) is 4.81. The Labute approximate surface area is 127 Å². The summed E-state index contributed by atoms with van der Waals surface area (Å²) in [6.07, 6.45) is 0. The number of benzene rings is 1. The first-order valence-electron chi connectivity index (χ1n) is 6.50. The second-order valence-electron chi connectivity index (χ2n) is 4.75. The molecular formula is C15H18BrN3O. The van der Waals surface area contributed by atoms with Gasteiger partial charge >= 0.3 is 0 Å². The van der Waals surface area contributed by atoms with Gasteiger partial charge in [-0.2, -0.15) is 0 Å². The van der Waals surface area contributed by atoms with E-state index in [-0.39, 0.29) is 0 Å². The largest absolute Gasteiger partial charge is 0.496 e. The Hall–Kier alpha value is -1.62. The quantitative estimate of drug-likeness (QED) is 0.839. The van der Waals surface area contributed by atoms with E-state index in [1.54, 1.807) is 7.11 Å². The minimum Gasteiger partial charge on any atom is -0.496 e. The molecule has 0 aliphatic carbocycles. The number of hydrogen-bond acceptors (Lipinski definition) is 4. The topological polar surface area (TPSA) is 47.0 Å². The van der Waals surface area contributed by atoms with Gasteiger partial charge in [-0.15, -0.1) is 0 Å². The van der Waals surface area contributed by atoms with E-state index in [0.717, 1.165) is 27.6 Å². The molecule has 5 heteroatoms. The van der Waals surface area contributed by atoms with Crippen LogP contribution >= 0.6 is 15.9 Å². The molecule has 0 atom stereocenters. The summed E-state index contributed by atoms with van der Waals surface area (Å²) in [4.78, 5) is 8.87. The van der Waals surface area contributed by atoms with Crippen LogP contribution in [0.15, 0.2) is 34.9 Å². The van der Waals surface area contributed by atoms with E-state index in [1.807, 2.05) is 30.3 Å². The summed E-state index contributed by atoms with van der Waals surface area (Å²) in [5, 5.41) is 3.31. The minimum atomic E-state index is 0.291. The van der Waals surface area contributed by atoms with Gasteiger partial charge in [-0.25, -0.2) is 9.97 Å². The van der Waals surface area contributed by atoms with Crippen LogP contribution in [-0.2, 0) is 6.54 Å².